The van der Waals surface area contributed by atoms with Crippen molar-refractivity contribution in [3.05, 3.63) is 24.0 Å². The van der Waals surface area contributed by atoms with E-state index < -0.39 is 0 Å². The third kappa shape index (κ3) is 2.36. The molecule has 0 saturated carbocycles. The molecule has 2 N–H and O–H groups in total. The van der Waals surface area contributed by atoms with E-state index in [0.29, 0.717) is 29.5 Å². The summed E-state index contributed by atoms with van der Waals surface area (Å²) in [5, 5.41) is 11.6. The molecule has 2 atom stereocenters. The number of nitrogens with zero attached hydrogens (tertiary/aromatic N) is 4. The minimum atomic E-state index is -0.360. The summed E-state index contributed by atoms with van der Waals surface area (Å²) in [5.74, 6) is 0.481. The topological polar surface area (TPSA) is 78.8 Å². The van der Waals surface area contributed by atoms with Gasteiger partial charge < -0.3 is 10.5 Å². The first-order valence-electron chi connectivity index (χ1n) is 6.58. The highest BCUT2D eigenvalue weighted by Gasteiger charge is 2.26. The van der Waals surface area contributed by atoms with Crippen molar-refractivity contribution in [2.45, 2.75) is 26.0 Å². The summed E-state index contributed by atoms with van der Waals surface area (Å²) in [6.07, 6.45) is 1.15. The van der Waals surface area contributed by atoms with E-state index in [2.05, 4.69) is 15.5 Å². The quantitative estimate of drug-likeness (QED) is 0.860. The fraction of sp³-hybridized carbons (Fsp3) is 0.462. The molecule has 1 aliphatic rings. The normalized spacial score (nSPS) is 22.3. The number of tetrazole rings is 1. The number of halogens is 1. The van der Waals surface area contributed by atoms with Gasteiger partial charge in [-0.25, -0.2) is 9.07 Å². The van der Waals surface area contributed by atoms with Crippen LogP contribution < -0.4 is 5.73 Å². The number of benzene rings is 1. The van der Waals surface area contributed by atoms with Gasteiger partial charge in [0.05, 0.1) is 12.6 Å². The Hall–Kier alpha value is -2.02. The molecule has 1 aliphatic heterocycles. The van der Waals surface area contributed by atoms with Crippen molar-refractivity contribution in [3.8, 4) is 11.4 Å². The number of aromatic nitrogens is 4. The van der Waals surface area contributed by atoms with Gasteiger partial charge in [0.2, 0.25) is 0 Å². The second-order valence-corrected chi connectivity index (χ2v) is 5.04. The van der Waals surface area contributed by atoms with Gasteiger partial charge in [-0.2, -0.15) is 0 Å². The summed E-state index contributed by atoms with van der Waals surface area (Å²) < 4.78 is 20.6. The van der Waals surface area contributed by atoms with Gasteiger partial charge >= 0.3 is 0 Å². The zero-order valence-electron chi connectivity index (χ0n) is 11.2. The molecule has 0 radical (unpaired) electrons. The average molecular weight is 277 g/mol. The van der Waals surface area contributed by atoms with Crippen LogP contribution in [-0.2, 0) is 11.3 Å². The maximum absolute atomic E-state index is 13.4. The number of rotatable bonds is 3. The van der Waals surface area contributed by atoms with Gasteiger partial charge in [0.1, 0.15) is 5.82 Å². The smallest absolute Gasteiger partial charge is 0.184 e. The molecule has 0 aliphatic carbocycles. The Kier molecular flexibility index (Phi) is 3.35. The number of hydrogen-bond acceptors (Lipinski definition) is 5. The Morgan fingerprint density at radius 2 is 2.35 bits per heavy atom. The second kappa shape index (κ2) is 5.16. The highest BCUT2D eigenvalue weighted by Crippen LogP contribution is 2.27. The molecule has 3 rings (SSSR count). The van der Waals surface area contributed by atoms with E-state index >= 15 is 0 Å². The summed E-state index contributed by atoms with van der Waals surface area (Å²) >= 11 is 0. The first kappa shape index (κ1) is 13.0. The van der Waals surface area contributed by atoms with Crippen LogP contribution in [0.5, 0.6) is 0 Å². The van der Waals surface area contributed by atoms with Gasteiger partial charge in [0.15, 0.2) is 5.82 Å². The highest BCUT2D eigenvalue weighted by molar-refractivity contribution is 5.71. The lowest BCUT2D eigenvalue weighted by molar-refractivity contribution is 0.101. The number of nitrogens with two attached hydrogens (primary N) is 1. The van der Waals surface area contributed by atoms with E-state index in [0.717, 1.165) is 13.0 Å². The second-order valence-electron chi connectivity index (χ2n) is 5.04. The molecule has 1 saturated heterocycles. The monoisotopic (exact) mass is 277 g/mol. The molecule has 0 spiro atoms. The van der Waals surface area contributed by atoms with Gasteiger partial charge in [0, 0.05) is 23.8 Å². The van der Waals surface area contributed by atoms with Crippen molar-refractivity contribution in [2.75, 3.05) is 12.3 Å². The maximum atomic E-state index is 13.4. The molecule has 1 aromatic carbocycles. The largest absolute Gasteiger partial charge is 0.398 e. The van der Waals surface area contributed by atoms with Crippen LogP contribution in [0.3, 0.4) is 0 Å². The molecule has 2 aromatic rings. The van der Waals surface area contributed by atoms with Crippen molar-refractivity contribution >= 4 is 5.69 Å². The fourth-order valence-corrected chi connectivity index (χ4v) is 2.48. The average Bonchev–Trinajstić information content (AvgIpc) is 3.03. The molecule has 6 nitrogen and oxygen atoms in total. The van der Waals surface area contributed by atoms with Gasteiger partial charge in [-0.15, -0.1) is 5.10 Å². The molecule has 1 fully saturated rings. The van der Waals surface area contributed by atoms with Crippen molar-refractivity contribution in [2.24, 2.45) is 5.92 Å². The fourth-order valence-electron chi connectivity index (χ4n) is 2.48. The molecule has 106 valence electrons. The van der Waals surface area contributed by atoms with Gasteiger partial charge in [-0.3, -0.25) is 0 Å². The number of nitrogen functional groups attached to an aromatic ring is 1. The lowest BCUT2D eigenvalue weighted by Crippen LogP contribution is -2.19. The van der Waals surface area contributed by atoms with Gasteiger partial charge in [-0.05, 0) is 42.0 Å². The number of hydrogen-bond donors (Lipinski definition) is 1. The van der Waals surface area contributed by atoms with Crippen molar-refractivity contribution in [3.63, 3.8) is 0 Å². The molecular formula is C13H16FN5O. The minimum absolute atomic E-state index is 0.178. The zero-order valence-corrected chi connectivity index (χ0v) is 11.2. The van der Waals surface area contributed by atoms with Gasteiger partial charge in [-0.1, -0.05) is 0 Å². The van der Waals surface area contributed by atoms with Crippen molar-refractivity contribution in [1.82, 2.24) is 20.2 Å². The van der Waals surface area contributed by atoms with E-state index in [1.165, 1.54) is 18.2 Å². The predicted molar refractivity (Wildman–Crippen MR) is 71.1 cm³/mol. The summed E-state index contributed by atoms with van der Waals surface area (Å²) in [4.78, 5) is 0. The van der Waals surface area contributed by atoms with Crippen LogP contribution in [0.2, 0.25) is 0 Å². The first-order chi connectivity index (χ1) is 9.65. The Morgan fingerprint density at radius 3 is 3.10 bits per heavy atom. The molecule has 2 unspecified atom stereocenters. The summed E-state index contributed by atoms with van der Waals surface area (Å²) in [6, 6.07) is 4.19. The van der Waals surface area contributed by atoms with Crippen LogP contribution in [0, 0.1) is 11.7 Å². The molecule has 7 heteroatoms. The zero-order chi connectivity index (χ0) is 14.1. The first-order valence-corrected chi connectivity index (χ1v) is 6.58. The SMILES string of the molecule is CC1OCCC1Cn1nnnc1-c1cc(F)ccc1N. The van der Waals surface area contributed by atoms with E-state index in [1.54, 1.807) is 4.68 Å². The molecule has 1 aromatic heterocycles. The maximum Gasteiger partial charge on any atom is 0.184 e. The molecule has 0 bridgehead atoms. The number of ether oxygens (including phenoxy) is 1. The highest BCUT2D eigenvalue weighted by atomic mass is 19.1. The number of anilines is 1. The summed E-state index contributed by atoms with van der Waals surface area (Å²) in [7, 11) is 0. The van der Waals surface area contributed by atoms with Crippen LogP contribution in [0.1, 0.15) is 13.3 Å². The van der Waals surface area contributed by atoms with E-state index in [4.69, 9.17) is 10.5 Å². The van der Waals surface area contributed by atoms with Crippen molar-refractivity contribution in [1.29, 1.82) is 0 Å². The van der Waals surface area contributed by atoms with Crippen LogP contribution in [0.15, 0.2) is 18.2 Å². The summed E-state index contributed by atoms with van der Waals surface area (Å²) in [6.45, 7) is 3.43. The van der Waals surface area contributed by atoms with Gasteiger partial charge in [0.25, 0.3) is 0 Å². The van der Waals surface area contributed by atoms with Crippen LogP contribution in [-0.4, -0.2) is 32.9 Å². The Morgan fingerprint density at radius 1 is 1.50 bits per heavy atom. The Labute approximate surface area is 115 Å². The standard InChI is InChI=1S/C13H16FN5O/c1-8-9(4-5-20-8)7-19-13(16-17-18-19)11-6-10(14)2-3-12(11)15/h2-3,6,8-9H,4-5,7,15H2,1H3. The van der Waals surface area contributed by atoms with Crippen LogP contribution >= 0.6 is 0 Å². The van der Waals surface area contributed by atoms with Crippen LogP contribution in [0.25, 0.3) is 11.4 Å². The molecular weight excluding hydrogens is 261 g/mol. The lowest BCUT2D eigenvalue weighted by atomic mass is 10.0. The third-order valence-corrected chi connectivity index (χ3v) is 3.73. The lowest BCUT2D eigenvalue weighted by Gasteiger charge is -2.14. The molecule has 20 heavy (non-hydrogen) atoms. The van der Waals surface area contributed by atoms with E-state index in [9.17, 15) is 4.39 Å². The van der Waals surface area contributed by atoms with E-state index in [-0.39, 0.29) is 11.9 Å². The molecule has 0 amide bonds. The summed E-state index contributed by atoms with van der Waals surface area (Å²) in [5.41, 5.74) is 6.86. The van der Waals surface area contributed by atoms with Crippen molar-refractivity contribution < 1.29 is 9.13 Å². The Balaban J connectivity index is 1.91. The van der Waals surface area contributed by atoms with E-state index in [1.807, 2.05) is 6.92 Å². The molecule has 2 heterocycles. The third-order valence-electron chi connectivity index (χ3n) is 3.73. The minimum Gasteiger partial charge on any atom is -0.398 e. The van der Waals surface area contributed by atoms with Crippen LogP contribution in [0.4, 0.5) is 10.1 Å². The Bertz CT molecular complexity index is 615. The predicted octanol–water partition coefficient (Wildman–Crippen LogP) is 1.49.